The Morgan fingerprint density at radius 3 is 2.74 bits per heavy atom. The molecular formula is C13H16BrN3OS. The van der Waals surface area contributed by atoms with E-state index in [0.717, 1.165) is 20.6 Å². The standard InChI is InChI=1S/C13H16BrN3OS/c1-13(2,3)12-11(19-17-16-12)10(18)5-8-4-9(14)7-15-6-8/h4,6-7,10,18H,5H2,1-3H3. The molecule has 0 spiro atoms. The Hall–Kier alpha value is -0.850. The predicted octanol–water partition coefficient (Wildman–Crippen LogP) is 3.27. The first-order valence-corrected chi connectivity index (χ1v) is 7.55. The summed E-state index contributed by atoms with van der Waals surface area (Å²) in [6.45, 7) is 6.21. The van der Waals surface area contributed by atoms with Crippen molar-refractivity contribution in [1.29, 1.82) is 0 Å². The maximum absolute atomic E-state index is 10.4. The molecule has 0 aliphatic rings. The zero-order valence-corrected chi connectivity index (χ0v) is 13.5. The third kappa shape index (κ3) is 3.58. The number of pyridine rings is 1. The van der Waals surface area contributed by atoms with E-state index >= 15 is 0 Å². The largest absolute Gasteiger partial charge is 0.387 e. The van der Waals surface area contributed by atoms with Gasteiger partial charge in [0.25, 0.3) is 0 Å². The molecule has 1 N–H and O–H groups in total. The molecule has 1 unspecified atom stereocenters. The van der Waals surface area contributed by atoms with Gasteiger partial charge >= 0.3 is 0 Å². The molecule has 0 aliphatic heterocycles. The van der Waals surface area contributed by atoms with Crippen LogP contribution in [0.2, 0.25) is 0 Å². The Balaban J connectivity index is 2.21. The van der Waals surface area contributed by atoms with E-state index in [1.165, 1.54) is 11.5 Å². The molecule has 102 valence electrons. The quantitative estimate of drug-likeness (QED) is 0.930. The van der Waals surface area contributed by atoms with Crippen molar-refractivity contribution < 1.29 is 5.11 Å². The van der Waals surface area contributed by atoms with E-state index in [0.29, 0.717) is 6.42 Å². The van der Waals surface area contributed by atoms with Crippen LogP contribution < -0.4 is 0 Å². The van der Waals surface area contributed by atoms with Crippen LogP contribution in [-0.2, 0) is 11.8 Å². The molecule has 2 aromatic rings. The summed E-state index contributed by atoms with van der Waals surface area (Å²) in [6, 6.07) is 1.96. The number of hydrogen-bond donors (Lipinski definition) is 1. The summed E-state index contributed by atoms with van der Waals surface area (Å²) >= 11 is 4.65. The van der Waals surface area contributed by atoms with E-state index in [9.17, 15) is 5.11 Å². The highest BCUT2D eigenvalue weighted by molar-refractivity contribution is 9.10. The number of aliphatic hydroxyl groups excluding tert-OH is 1. The van der Waals surface area contributed by atoms with Crippen molar-refractivity contribution in [2.75, 3.05) is 0 Å². The summed E-state index contributed by atoms with van der Waals surface area (Å²) < 4.78 is 4.89. The van der Waals surface area contributed by atoms with E-state index in [4.69, 9.17) is 0 Å². The Morgan fingerprint density at radius 2 is 2.11 bits per heavy atom. The number of nitrogens with zero attached hydrogens (tertiary/aromatic N) is 3. The zero-order chi connectivity index (χ0) is 14.0. The van der Waals surface area contributed by atoms with Crippen molar-refractivity contribution >= 4 is 27.5 Å². The van der Waals surface area contributed by atoms with Crippen molar-refractivity contribution in [2.24, 2.45) is 0 Å². The first-order chi connectivity index (χ1) is 8.88. The van der Waals surface area contributed by atoms with E-state index < -0.39 is 6.10 Å². The van der Waals surface area contributed by atoms with Gasteiger partial charge in [-0.2, -0.15) is 0 Å². The van der Waals surface area contributed by atoms with Gasteiger partial charge in [0.15, 0.2) is 0 Å². The molecule has 0 aliphatic carbocycles. The van der Waals surface area contributed by atoms with Crippen LogP contribution in [0.25, 0.3) is 0 Å². The second kappa shape index (κ2) is 5.64. The average molecular weight is 342 g/mol. The van der Waals surface area contributed by atoms with Crippen molar-refractivity contribution in [1.82, 2.24) is 14.6 Å². The summed E-state index contributed by atoms with van der Waals surface area (Å²) in [4.78, 5) is 4.94. The van der Waals surface area contributed by atoms with Crippen LogP contribution in [0.1, 0.15) is 43.0 Å². The number of rotatable bonds is 3. The number of aliphatic hydroxyl groups is 1. The Bertz CT molecular complexity index is 565. The highest BCUT2D eigenvalue weighted by Gasteiger charge is 2.26. The van der Waals surface area contributed by atoms with Crippen LogP contribution in [0.4, 0.5) is 0 Å². The molecule has 2 rings (SSSR count). The molecule has 0 bridgehead atoms. The average Bonchev–Trinajstić information content (AvgIpc) is 2.77. The smallest absolute Gasteiger partial charge is 0.0958 e. The lowest BCUT2D eigenvalue weighted by Gasteiger charge is -2.19. The molecule has 0 saturated carbocycles. The minimum Gasteiger partial charge on any atom is -0.387 e. The fraction of sp³-hybridized carbons (Fsp3) is 0.462. The number of aromatic nitrogens is 3. The highest BCUT2D eigenvalue weighted by Crippen LogP contribution is 2.31. The number of halogens is 1. The third-order valence-electron chi connectivity index (χ3n) is 2.72. The first kappa shape index (κ1) is 14.6. The summed E-state index contributed by atoms with van der Waals surface area (Å²) in [5.74, 6) is 0. The van der Waals surface area contributed by atoms with Crippen molar-refractivity contribution in [3.63, 3.8) is 0 Å². The molecular weight excluding hydrogens is 326 g/mol. The SMILES string of the molecule is CC(C)(C)c1nnsc1C(O)Cc1cncc(Br)c1. The molecule has 2 heterocycles. The van der Waals surface area contributed by atoms with Gasteiger partial charge < -0.3 is 5.11 Å². The number of hydrogen-bond acceptors (Lipinski definition) is 5. The van der Waals surface area contributed by atoms with E-state index in [-0.39, 0.29) is 5.41 Å². The van der Waals surface area contributed by atoms with Gasteiger partial charge in [0.2, 0.25) is 0 Å². The lowest BCUT2D eigenvalue weighted by molar-refractivity contribution is 0.179. The van der Waals surface area contributed by atoms with Gasteiger partial charge in [-0.15, -0.1) is 5.10 Å². The Morgan fingerprint density at radius 1 is 1.37 bits per heavy atom. The molecule has 6 heteroatoms. The summed E-state index contributed by atoms with van der Waals surface area (Å²) in [6.07, 6.45) is 3.41. The molecule has 0 saturated heterocycles. The van der Waals surface area contributed by atoms with E-state index in [1.807, 2.05) is 6.07 Å². The fourth-order valence-corrected chi connectivity index (χ4v) is 3.08. The minimum absolute atomic E-state index is 0.112. The fourth-order valence-electron chi connectivity index (χ4n) is 1.82. The van der Waals surface area contributed by atoms with Crippen LogP contribution in [0, 0.1) is 0 Å². The summed E-state index contributed by atoms with van der Waals surface area (Å²) in [5.41, 5.74) is 1.74. The lowest BCUT2D eigenvalue weighted by atomic mass is 9.90. The molecule has 0 amide bonds. The van der Waals surface area contributed by atoms with Crippen LogP contribution >= 0.6 is 27.5 Å². The molecule has 1 atom stereocenters. The van der Waals surface area contributed by atoms with Crippen molar-refractivity contribution in [3.8, 4) is 0 Å². The monoisotopic (exact) mass is 341 g/mol. The molecule has 0 fully saturated rings. The second-order valence-electron chi connectivity index (χ2n) is 5.47. The van der Waals surface area contributed by atoms with Crippen molar-refractivity contribution in [3.05, 3.63) is 39.1 Å². The molecule has 2 aromatic heterocycles. The van der Waals surface area contributed by atoms with Crippen LogP contribution in [0.5, 0.6) is 0 Å². The van der Waals surface area contributed by atoms with Crippen molar-refractivity contribution in [2.45, 2.75) is 38.7 Å². The maximum Gasteiger partial charge on any atom is 0.0958 e. The maximum atomic E-state index is 10.4. The van der Waals surface area contributed by atoms with Gasteiger partial charge in [-0.3, -0.25) is 4.98 Å². The van der Waals surface area contributed by atoms with Gasteiger partial charge in [0.1, 0.15) is 0 Å². The van der Waals surface area contributed by atoms with E-state index in [2.05, 4.69) is 51.3 Å². The normalized spacial score (nSPS) is 13.5. The summed E-state index contributed by atoms with van der Waals surface area (Å²) in [7, 11) is 0. The third-order valence-corrected chi connectivity index (χ3v) is 3.98. The van der Waals surface area contributed by atoms with Crippen LogP contribution in [0.15, 0.2) is 22.9 Å². The van der Waals surface area contributed by atoms with Gasteiger partial charge in [0, 0.05) is 28.7 Å². The topological polar surface area (TPSA) is 58.9 Å². The van der Waals surface area contributed by atoms with Gasteiger partial charge in [0.05, 0.1) is 16.7 Å². The minimum atomic E-state index is -0.592. The predicted molar refractivity (Wildman–Crippen MR) is 79.2 cm³/mol. The molecule has 0 aromatic carbocycles. The zero-order valence-electron chi connectivity index (χ0n) is 11.1. The van der Waals surface area contributed by atoms with Gasteiger partial charge in [-0.25, -0.2) is 0 Å². The lowest BCUT2D eigenvalue weighted by Crippen LogP contribution is -2.16. The first-order valence-electron chi connectivity index (χ1n) is 5.98. The van der Waals surface area contributed by atoms with E-state index in [1.54, 1.807) is 12.4 Å². The van der Waals surface area contributed by atoms with Gasteiger partial charge in [-0.1, -0.05) is 25.3 Å². The molecule has 0 radical (unpaired) electrons. The Kier molecular flexibility index (Phi) is 4.32. The van der Waals surface area contributed by atoms with Crippen LogP contribution in [0.3, 0.4) is 0 Å². The highest BCUT2D eigenvalue weighted by atomic mass is 79.9. The van der Waals surface area contributed by atoms with Gasteiger partial charge in [-0.05, 0) is 39.1 Å². The Labute approximate surface area is 125 Å². The molecule has 4 nitrogen and oxygen atoms in total. The van der Waals surface area contributed by atoms with Crippen LogP contribution in [-0.4, -0.2) is 19.7 Å². The second-order valence-corrected chi connectivity index (χ2v) is 7.17. The molecule has 19 heavy (non-hydrogen) atoms. The summed E-state index contributed by atoms with van der Waals surface area (Å²) in [5, 5.41) is 14.5.